The van der Waals surface area contributed by atoms with Crippen molar-refractivity contribution in [1.29, 1.82) is 0 Å². The number of likely N-dealkylation sites (N-methyl/N-ethyl adjacent to an activating group) is 1. The van der Waals surface area contributed by atoms with Crippen LogP contribution in [0.25, 0.3) is 0 Å². The van der Waals surface area contributed by atoms with Crippen molar-refractivity contribution in [2.75, 3.05) is 33.4 Å². The summed E-state index contributed by atoms with van der Waals surface area (Å²) in [4.78, 5) is 14.8. The topological polar surface area (TPSA) is 60.0 Å². The van der Waals surface area contributed by atoms with Crippen LogP contribution in [0.3, 0.4) is 0 Å². The highest BCUT2D eigenvalue weighted by atomic mass is 19.3. The maximum atomic E-state index is 12.5. The molecule has 30 heavy (non-hydrogen) atoms. The van der Waals surface area contributed by atoms with Crippen LogP contribution in [0.2, 0.25) is 0 Å². The maximum absolute atomic E-state index is 12.5. The van der Waals surface area contributed by atoms with Gasteiger partial charge in [-0.05, 0) is 37.4 Å². The number of methoxy groups -OCH3 is 1. The van der Waals surface area contributed by atoms with Crippen LogP contribution in [0, 0.1) is 0 Å². The number of ether oxygens (including phenoxy) is 3. The van der Waals surface area contributed by atoms with Crippen molar-refractivity contribution in [2.24, 2.45) is 0 Å². The van der Waals surface area contributed by atoms with Crippen LogP contribution in [-0.4, -0.2) is 50.8 Å². The van der Waals surface area contributed by atoms with Gasteiger partial charge in [-0.2, -0.15) is 8.78 Å². The zero-order valence-electron chi connectivity index (χ0n) is 17.5. The zero-order chi connectivity index (χ0) is 21.9. The van der Waals surface area contributed by atoms with Crippen LogP contribution in [0.1, 0.15) is 29.8 Å². The number of para-hydroxylation sites is 1. The molecule has 0 aromatic heterocycles. The largest absolute Gasteiger partial charge is 0.493 e. The van der Waals surface area contributed by atoms with Crippen molar-refractivity contribution in [3.05, 3.63) is 53.6 Å². The molecule has 0 saturated heterocycles. The average molecular weight is 422 g/mol. The molecule has 0 radical (unpaired) electrons. The second kappa shape index (κ2) is 12.0. The van der Waals surface area contributed by atoms with Crippen LogP contribution in [0.5, 0.6) is 17.2 Å². The number of carbonyl (C=O) groups excluding carboxylic acids is 1. The third-order valence-electron chi connectivity index (χ3n) is 4.61. The van der Waals surface area contributed by atoms with Gasteiger partial charge in [0.25, 0.3) is 5.91 Å². The SMILES string of the molecule is CCN(CC)CCOc1ccccc1CNC(=O)c1ccc(OC(F)F)c(OC)c1. The molecule has 2 rings (SSSR count). The minimum Gasteiger partial charge on any atom is -0.493 e. The molecule has 164 valence electrons. The highest BCUT2D eigenvalue weighted by Gasteiger charge is 2.14. The summed E-state index contributed by atoms with van der Waals surface area (Å²) in [5.41, 5.74) is 1.11. The molecule has 0 bridgehead atoms. The van der Waals surface area contributed by atoms with Crippen LogP contribution in [0.4, 0.5) is 8.78 Å². The Balaban J connectivity index is 1.99. The lowest BCUT2D eigenvalue weighted by Crippen LogP contribution is -2.28. The van der Waals surface area contributed by atoms with E-state index in [2.05, 4.69) is 28.8 Å². The minimum atomic E-state index is -2.98. The smallest absolute Gasteiger partial charge is 0.387 e. The van der Waals surface area contributed by atoms with E-state index in [9.17, 15) is 13.6 Å². The molecular formula is C22H28F2N2O4. The number of carbonyl (C=O) groups is 1. The fourth-order valence-electron chi connectivity index (χ4n) is 2.89. The molecule has 8 heteroatoms. The highest BCUT2D eigenvalue weighted by molar-refractivity contribution is 5.94. The first-order chi connectivity index (χ1) is 14.5. The van der Waals surface area contributed by atoms with Gasteiger partial charge in [-0.25, -0.2) is 0 Å². The molecule has 0 aliphatic rings. The average Bonchev–Trinajstić information content (AvgIpc) is 2.75. The summed E-state index contributed by atoms with van der Waals surface area (Å²) in [5, 5.41) is 2.81. The molecule has 0 unspecified atom stereocenters. The van der Waals surface area contributed by atoms with Gasteiger partial charge >= 0.3 is 6.61 Å². The Hall–Kier alpha value is -2.87. The summed E-state index contributed by atoms with van der Waals surface area (Å²) in [5.74, 6) is 0.275. The van der Waals surface area contributed by atoms with E-state index in [4.69, 9.17) is 9.47 Å². The van der Waals surface area contributed by atoms with E-state index in [1.54, 1.807) is 0 Å². The maximum Gasteiger partial charge on any atom is 0.387 e. The normalized spacial score (nSPS) is 10.9. The molecule has 0 spiro atoms. The molecule has 2 aromatic rings. The van der Waals surface area contributed by atoms with Crippen LogP contribution in [0.15, 0.2) is 42.5 Å². The lowest BCUT2D eigenvalue weighted by Gasteiger charge is -2.19. The van der Waals surface area contributed by atoms with Crippen LogP contribution >= 0.6 is 0 Å². The van der Waals surface area contributed by atoms with Crippen molar-refractivity contribution >= 4 is 5.91 Å². The summed E-state index contributed by atoms with van der Waals surface area (Å²) in [6.45, 7) is 4.79. The summed E-state index contributed by atoms with van der Waals surface area (Å²) in [6, 6.07) is 11.5. The lowest BCUT2D eigenvalue weighted by molar-refractivity contribution is -0.0512. The van der Waals surface area contributed by atoms with Crippen molar-refractivity contribution in [3.8, 4) is 17.2 Å². The van der Waals surface area contributed by atoms with E-state index in [1.165, 1.54) is 25.3 Å². The molecule has 1 N–H and O–H groups in total. The standard InChI is InChI=1S/C22H28F2N2O4/c1-4-26(5-2)12-13-29-18-9-7-6-8-17(18)15-25-21(27)16-10-11-19(30-22(23)24)20(14-16)28-3/h6-11,14,22H,4-5,12-13,15H2,1-3H3,(H,25,27). The van der Waals surface area contributed by atoms with Crippen molar-refractivity contribution in [1.82, 2.24) is 10.2 Å². The molecule has 0 aliphatic heterocycles. The fourth-order valence-corrected chi connectivity index (χ4v) is 2.89. The van der Waals surface area contributed by atoms with Gasteiger partial charge in [0.15, 0.2) is 11.5 Å². The van der Waals surface area contributed by atoms with E-state index in [1.807, 2.05) is 24.3 Å². The Morgan fingerprint density at radius 1 is 1.07 bits per heavy atom. The number of nitrogens with one attached hydrogen (secondary N) is 1. The number of hydrogen-bond acceptors (Lipinski definition) is 5. The minimum absolute atomic E-state index is 0.0584. The van der Waals surface area contributed by atoms with Crippen molar-refractivity contribution in [3.63, 3.8) is 0 Å². The third kappa shape index (κ3) is 6.88. The quantitative estimate of drug-likeness (QED) is 0.561. The first-order valence-corrected chi connectivity index (χ1v) is 9.82. The Kier molecular flexibility index (Phi) is 9.34. The predicted octanol–water partition coefficient (Wildman–Crippen LogP) is 3.95. The Morgan fingerprint density at radius 3 is 2.47 bits per heavy atom. The second-order valence-corrected chi connectivity index (χ2v) is 6.41. The first kappa shape index (κ1) is 23.4. The van der Waals surface area contributed by atoms with Gasteiger partial charge in [0, 0.05) is 24.2 Å². The van der Waals surface area contributed by atoms with E-state index < -0.39 is 6.61 Å². The third-order valence-corrected chi connectivity index (χ3v) is 4.61. The Morgan fingerprint density at radius 2 is 1.80 bits per heavy atom. The van der Waals surface area contributed by atoms with Gasteiger partial charge in [0.1, 0.15) is 12.4 Å². The lowest BCUT2D eigenvalue weighted by atomic mass is 10.1. The van der Waals surface area contributed by atoms with Gasteiger partial charge in [-0.15, -0.1) is 0 Å². The fraction of sp³-hybridized carbons (Fsp3) is 0.409. The number of nitrogens with zero attached hydrogens (tertiary/aromatic N) is 1. The molecule has 2 aromatic carbocycles. The molecule has 0 fully saturated rings. The summed E-state index contributed by atoms with van der Waals surface area (Å²) in [6.07, 6.45) is 0. The van der Waals surface area contributed by atoms with Gasteiger partial charge in [-0.1, -0.05) is 32.0 Å². The second-order valence-electron chi connectivity index (χ2n) is 6.41. The predicted molar refractivity (Wildman–Crippen MR) is 111 cm³/mol. The highest BCUT2D eigenvalue weighted by Crippen LogP contribution is 2.29. The zero-order valence-corrected chi connectivity index (χ0v) is 17.5. The number of amides is 1. The number of rotatable bonds is 12. The molecule has 0 saturated carbocycles. The summed E-state index contributed by atoms with van der Waals surface area (Å²) in [7, 11) is 1.32. The molecule has 0 aliphatic carbocycles. The van der Waals surface area contributed by atoms with Crippen molar-refractivity contribution < 1.29 is 27.8 Å². The van der Waals surface area contributed by atoms with Gasteiger partial charge in [0.2, 0.25) is 0 Å². The summed E-state index contributed by atoms with van der Waals surface area (Å²) >= 11 is 0. The van der Waals surface area contributed by atoms with E-state index in [-0.39, 0.29) is 29.5 Å². The van der Waals surface area contributed by atoms with Gasteiger partial charge < -0.3 is 24.4 Å². The van der Waals surface area contributed by atoms with Crippen LogP contribution < -0.4 is 19.5 Å². The first-order valence-electron chi connectivity index (χ1n) is 9.82. The monoisotopic (exact) mass is 422 g/mol. The molecular weight excluding hydrogens is 394 g/mol. The molecule has 6 nitrogen and oxygen atoms in total. The number of hydrogen-bond donors (Lipinski definition) is 1. The summed E-state index contributed by atoms with van der Waals surface area (Å²) < 4.78 is 40.2. The Bertz CT molecular complexity index is 813. The van der Waals surface area contributed by atoms with E-state index in [0.29, 0.717) is 12.4 Å². The number of alkyl halides is 2. The van der Waals surface area contributed by atoms with Gasteiger partial charge in [-0.3, -0.25) is 4.79 Å². The molecule has 0 atom stereocenters. The van der Waals surface area contributed by atoms with Crippen molar-refractivity contribution in [2.45, 2.75) is 27.0 Å². The Labute approximate surface area is 175 Å². The van der Waals surface area contributed by atoms with E-state index >= 15 is 0 Å². The van der Waals surface area contributed by atoms with E-state index in [0.717, 1.165) is 25.2 Å². The molecule has 1 amide bonds. The molecule has 0 heterocycles. The van der Waals surface area contributed by atoms with Gasteiger partial charge in [0.05, 0.1) is 7.11 Å². The number of halogens is 2. The number of benzene rings is 2. The van der Waals surface area contributed by atoms with Crippen LogP contribution in [-0.2, 0) is 6.54 Å².